The molecule has 0 fully saturated rings. The van der Waals surface area contributed by atoms with E-state index in [1.807, 2.05) is 24.3 Å². The van der Waals surface area contributed by atoms with Crippen molar-refractivity contribution in [3.05, 3.63) is 54.1 Å². The standard InChI is InChI=1S/C16H16O3/c1-11-4-3-5-14(10-11)13-6-8-15(9-7-13)19-12(2)16(17)18/h3-10,12H,1-2H3,(H,17,18). The van der Waals surface area contributed by atoms with Crippen LogP contribution in [0.15, 0.2) is 48.5 Å². The highest BCUT2D eigenvalue weighted by molar-refractivity contribution is 5.72. The zero-order chi connectivity index (χ0) is 13.8. The highest BCUT2D eigenvalue weighted by atomic mass is 16.5. The number of hydrogen-bond acceptors (Lipinski definition) is 2. The van der Waals surface area contributed by atoms with Crippen molar-refractivity contribution in [3.8, 4) is 16.9 Å². The molecular formula is C16H16O3. The lowest BCUT2D eigenvalue weighted by Gasteiger charge is -2.11. The molecule has 0 aromatic heterocycles. The average Bonchev–Trinajstić information content (AvgIpc) is 2.39. The Labute approximate surface area is 112 Å². The van der Waals surface area contributed by atoms with Crippen LogP contribution in [0.4, 0.5) is 0 Å². The minimum atomic E-state index is -0.970. The van der Waals surface area contributed by atoms with Crippen molar-refractivity contribution in [1.82, 2.24) is 0 Å². The number of carboxylic acids is 1. The molecule has 0 saturated carbocycles. The Morgan fingerprint density at radius 2 is 1.79 bits per heavy atom. The van der Waals surface area contributed by atoms with Gasteiger partial charge in [-0.15, -0.1) is 0 Å². The van der Waals surface area contributed by atoms with Gasteiger partial charge in [0.15, 0.2) is 6.10 Å². The van der Waals surface area contributed by atoms with Crippen molar-refractivity contribution in [2.75, 3.05) is 0 Å². The topological polar surface area (TPSA) is 46.5 Å². The third-order valence-corrected chi connectivity index (χ3v) is 2.87. The fourth-order valence-electron chi connectivity index (χ4n) is 1.81. The van der Waals surface area contributed by atoms with Crippen molar-refractivity contribution < 1.29 is 14.6 Å². The summed E-state index contributed by atoms with van der Waals surface area (Å²) < 4.78 is 5.29. The third-order valence-electron chi connectivity index (χ3n) is 2.87. The lowest BCUT2D eigenvalue weighted by Crippen LogP contribution is -2.22. The zero-order valence-electron chi connectivity index (χ0n) is 11.0. The Morgan fingerprint density at radius 3 is 2.37 bits per heavy atom. The molecule has 19 heavy (non-hydrogen) atoms. The number of carbonyl (C=O) groups is 1. The van der Waals surface area contributed by atoms with Crippen LogP contribution >= 0.6 is 0 Å². The molecule has 1 N–H and O–H groups in total. The summed E-state index contributed by atoms with van der Waals surface area (Å²) in [6, 6.07) is 15.7. The Morgan fingerprint density at radius 1 is 1.11 bits per heavy atom. The number of benzene rings is 2. The maximum Gasteiger partial charge on any atom is 0.344 e. The zero-order valence-corrected chi connectivity index (χ0v) is 11.0. The number of aryl methyl sites for hydroxylation is 1. The average molecular weight is 256 g/mol. The van der Waals surface area contributed by atoms with Gasteiger partial charge in [0.2, 0.25) is 0 Å². The van der Waals surface area contributed by atoms with Crippen LogP contribution in [0.1, 0.15) is 12.5 Å². The summed E-state index contributed by atoms with van der Waals surface area (Å²) in [4.78, 5) is 10.7. The van der Waals surface area contributed by atoms with Gasteiger partial charge in [0.25, 0.3) is 0 Å². The number of ether oxygens (including phenoxy) is 1. The van der Waals surface area contributed by atoms with Crippen molar-refractivity contribution in [2.24, 2.45) is 0 Å². The first-order valence-corrected chi connectivity index (χ1v) is 6.13. The van der Waals surface area contributed by atoms with E-state index in [1.54, 1.807) is 12.1 Å². The van der Waals surface area contributed by atoms with E-state index in [0.29, 0.717) is 5.75 Å². The van der Waals surface area contributed by atoms with E-state index in [-0.39, 0.29) is 0 Å². The van der Waals surface area contributed by atoms with E-state index in [0.717, 1.165) is 11.1 Å². The van der Waals surface area contributed by atoms with Crippen molar-refractivity contribution in [2.45, 2.75) is 20.0 Å². The second kappa shape index (κ2) is 5.57. The van der Waals surface area contributed by atoms with Crippen molar-refractivity contribution in [1.29, 1.82) is 0 Å². The monoisotopic (exact) mass is 256 g/mol. The summed E-state index contributed by atoms with van der Waals surface area (Å²) in [5, 5.41) is 8.78. The molecule has 1 atom stereocenters. The fraction of sp³-hybridized carbons (Fsp3) is 0.188. The first-order chi connectivity index (χ1) is 9.06. The SMILES string of the molecule is Cc1cccc(-c2ccc(OC(C)C(=O)O)cc2)c1. The Kier molecular flexibility index (Phi) is 3.85. The van der Waals surface area contributed by atoms with Crippen LogP contribution in [0.2, 0.25) is 0 Å². The van der Waals surface area contributed by atoms with Crippen LogP contribution in [0, 0.1) is 6.92 Å². The quantitative estimate of drug-likeness (QED) is 0.910. The molecule has 0 heterocycles. The highest BCUT2D eigenvalue weighted by Crippen LogP contribution is 2.23. The molecule has 0 bridgehead atoms. The molecule has 2 rings (SSSR count). The highest BCUT2D eigenvalue weighted by Gasteiger charge is 2.12. The molecule has 3 heteroatoms. The van der Waals surface area contributed by atoms with Crippen molar-refractivity contribution in [3.63, 3.8) is 0 Å². The van der Waals surface area contributed by atoms with Crippen LogP contribution in [0.5, 0.6) is 5.75 Å². The fourth-order valence-corrected chi connectivity index (χ4v) is 1.81. The first-order valence-electron chi connectivity index (χ1n) is 6.13. The van der Waals surface area contributed by atoms with Crippen LogP contribution in [0.3, 0.4) is 0 Å². The van der Waals surface area contributed by atoms with Crippen molar-refractivity contribution >= 4 is 5.97 Å². The maximum atomic E-state index is 10.7. The Hall–Kier alpha value is -2.29. The number of carboxylic acid groups (broad SMARTS) is 1. The van der Waals surface area contributed by atoms with Gasteiger partial charge in [-0.1, -0.05) is 42.0 Å². The molecule has 0 spiro atoms. The Balaban J connectivity index is 2.17. The van der Waals surface area contributed by atoms with E-state index >= 15 is 0 Å². The lowest BCUT2D eigenvalue weighted by atomic mass is 10.0. The van der Waals surface area contributed by atoms with Crippen LogP contribution in [-0.4, -0.2) is 17.2 Å². The summed E-state index contributed by atoms with van der Waals surface area (Å²) in [7, 11) is 0. The summed E-state index contributed by atoms with van der Waals surface area (Å²) in [6.45, 7) is 3.56. The van der Waals surface area contributed by atoms with Crippen LogP contribution in [-0.2, 0) is 4.79 Å². The van der Waals surface area contributed by atoms with Gasteiger partial charge < -0.3 is 9.84 Å². The maximum absolute atomic E-state index is 10.7. The predicted octanol–water partition coefficient (Wildman–Crippen LogP) is 3.51. The lowest BCUT2D eigenvalue weighted by molar-refractivity contribution is -0.144. The number of hydrogen-bond donors (Lipinski definition) is 1. The van der Waals surface area contributed by atoms with Gasteiger partial charge in [-0.25, -0.2) is 4.79 Å². The molecule has 0 radical (unpaired) electrons. The van der Waals surface area contributed by atoms with Gasteiger partial charge in [0.1, 0.15) is 5.75 Å². The molecule has 1 unspecified atom stereocenters. The van der Waals surface area contributed by atoms with Gasteiger partial charge in [0, 0.05) is 0 Å². The molecule has 98 valence electrons. The normalized spacial score (nSPS) is 11.9. The predicted molar refractivity (Wildman–Crippen MR) is 74.3 cm³/mol. The minimum absolute atomic E-state index is 0.561. The van der Waals surface area contributed by atoms with Gasteiger partial charge in [0.05, 0.1) is 0 Å². The molecule has 0 saturated heterocycles. The molecule has 0 aliphatic heterocycles. The number of aliphatic carboxylic acids is 1. The molecule has 0 aliphatic rings. The molecule has 3 nitrogen and oxygen atoms in total. The molecule has 2 aromatic rings. The third kappa shape index (κ3) is 3.35. The molecular weight excluding hydrogens is 240 g/mol. The van der Waals surface area contributed by atoms with Gasteiger partial charge in [-0.3, -0.25) is 0 Å². The smallest absolute Gasteiger partial charge is 0.344 e. The van der Waals surface area contributed by atoms with Crippen LogP contribution in [0.25, 0.3) is 11.1 Å². The second-order valence-electron chi connectivity index (χ2n) is 4.49. The minimum Gasteiger partial charge on any atom is -0.479 e. The van der Waals surface area contributed by atoms with E-state index in [2.05, 4.69) is 19.1 Å². The van der Waals surface area contributed by atoms with Gasteiger partial charge >= 0.3 is 5.97 Å². The molecule has 2 aromatic carbocycles. The summed E-state index contributed by atoms with van der Waals surface area (Å²) in [5.74, 6) is -0.408. The van der Waals surface area contributed by atoms with E-state index < -0.39 is 12.1 Å². The summed E-state index contributed by atoms with van der Waals surface area (Å²) >= 11 is 0. The largest absolute Gasteiger partial charge is 0.479 e. The Bertz CT molecular complexity index is 573. The van der Waals surface area contributed by atoms with E-state index in [1.165, 1.54) is 12.5 Å². The van der Waals surface area contributed by atoms with E-state index in [9.17, 15) is 4.79 Å². The van der Waals surface area contributed by atoms with Gasteiger partial charge in [-0.2, -0.15) is 0 Å². The molecule has 0 amide bonds. The second-order valence-corrected chi connectivity index (χ2v) is 4.49. The first kappa shape index (κ1) is 13.1. The van der Waals surface area contributed by atoms with E-state index in [4.69, 9.17) is 9.84 Å². The summed E-state index contributed by atoms with van der Waals surface area (Å²) in [5.41, 5.74) is 3.43. The molecule has 0 aliphatic carbocycles. The number of rotatable bonds is 4. The van der Waals surface area contributed by atoms with Gasteiger partial charge in [-0.05, 0) is 37.1 Å². The van der Waals surface area contributed by atoms with Crippen LogP contribution < -0.4 is 4.74 Å². The summed E-state index contributed by atoms with van der Waals surface area (Å²) in [6.07, 6.45) is -0.843.